The van der Waals surface area contributed by atoms with Crippen molar-refractivity contribution in [3.63, 3.8) is 0 Å². The molecular formula is C16H19N3O4. The summed E-state index contributed by atoms with van der Waals surface area (Å²) < 4.78 is 0. The Morgan fingerprint density at radius 3 is 2.96 bits per heavy atom. The van der Waals surface area contributed by atoms with Gasteiger partial charge in [0.1, 0.15) is 5.75 Å². The molecule has 122 valence electrons. The highest BCUT2D eigenvalue weighted by Crippen LogP contribution is 2.66. The number of carbonyl (C=O) groups is 1. The van der Waals surface area contributed by atoms with Crippen molar-refractivity contribution in [2.75, 3.05) is 0 Å². The van der Waals surface area contributed by atoms with Gasteiger partial charge in [0.15, 0.2) is 0 Å². The van der Waals surface area contributed by atoms with Crippen LogP contribution in [0.25, 0.3) is 0 Å². The zero-order valence-electron chi connectivity index (χ0n) is 12.9. The van der Waals surface area contributed by atoms with Crippen LogP contribution in [0.4, 0.5) is 5.69 Å². The van der Waals surface area contributed by atoms with Crippen LogP contribution in [0.5, 0.6) is 5.75 Å². The molecule has 0 bridgehead atoms. The monoisotopic (exact) mass is 317 g/mol. The van der Waals surface area contributed by atoms with Crippen molar-refractivity contribution in [2.45, 2.75) is 32.6 Å². The summed E-state index contributed by atoms with van der Waals surface area (Å²) in [6.45, 7) is 2.15. The van der Waals surface area contributed by atoms with E-state index in [4.69, 9.17) is 0 Å². The van der Waals surface area contributed by atoms with E-state index in [1.165, 1.54) is 37.3 Å². The van der Waals surface area contributed by atoms with E-state index in [9.17, 15) is 20.0 Å². The Bertz CT molecular complexity index is 688. The molecule has 0 spiro atoms. The highest BCUT2D eigenvalue weighted by molar-refractivity contribution is 5.87. The molecule has 0 heterocycles. The molecule has 7 heteroatoms. The van der Waals surface area contributed by atoms with Gasteiger partial charge in [-0.25, -0.2) is 5.43 Å². The van der Waals surface area contributed by atoms with Gasteiger partial charge in [0.05, 0.1) is 11.1 Å². The van der Waals surface area contributed by atoms with Gasteiger partial charge >= 0.3 is 0 Å². The van der Waals surface area contributed by atoms with E-state index in [1.807, 2.05) is 0 Å². The number of hydrogen-bond acceptors (Lipinski definition) is 5. The van der Waals surface area contributed by atoms with Gasteiger partial charge in [-0.05, 0) is 30.2 Å². The van der Waals surface area contributed by atoms with Crippen LogP contribution in [-0.4, -0.2) is 22.2 Å². The maximum Gasteiger partial charge on any atom is 0.270 e. The summed E-state index contributed by atoms with van der Waals surface area (Å²) in [4.78, 5) is 22.4. The zero-order chi connectivity index (χ0) is 16.6. The first-order chi connectivity index (χ1) is 10.9. The number of amides is 1. The number of nitro benzene ring substituents is 1. The minimum absolute atomic E-state index is 0.000793. The molecule has 2 aliphatic carbocycles. The maximum absolute atomic E-state index is 12.2. The number of nitrogens with one attached hydrogen (secondary N) is 1. The zero-order valence-corrected chi connectivity index (χ0v) is 12.9. The first-order valence-corrected chi connectivity index (χ1v) is 7.74. The second kappa shape index (κ2) is 5.64. The third kappa shape index (κ3) is 2.78. The number of rotatable bonds is 4. The number of benzene rings is 1. The lowest BCUT2D eigenvalue weighted by molar-refractivity contribution is -0.384. The number of nitro groups is 1. The predicted octanol–water partition coefficient (Wildman–Crippen LogP) is 2.58. The molecule has 23 heavy (non-hydrogen) atoms. The Labute approximate surface area is 133 Å². The van der Waals surface area contributed by atoms with Crippen LogP contribution in [0.2, 0.25) is 0 Å². The molecule has 1 aromatic carbocycles. The van der Waals surface area contributed by atoms with Gasteiger partial charge < -0.3 is 5.11 Å². The fraction of sp³-hybridized carbons (Fsp3) is 0.500. The van der Waals surface area contributed by atoms with Gasteiger partial charge in [0.25, 0.3) is 5.69 Å². The van der Waals surface area contributed by atoms with Gasteiger partial charge in [0, 0.05) is 23.6 Å². The van der Waals surface area contributed by atoms with E-state index in [0.29, 0.717) is 5.92 Å². The van der Waals surface area contributed by atoms with Gasteiger partial charge in [0.2, 0.25) is 5.91 Å². The number of nitrogens with zero attached hydrogens (tertiary/aromatic N) is 2. The van der Waals surface area contributed by atoms with Crippen LogP contribution in [0.1, 0.15) is 38.2 Å². The van der Waals surface area contributed by atoms with Crippen LogP contribution in [-0.2, 0) is 4.79 Å². The summed E-state index contributed by atoms with van der Waals surface area (Å²) in [5.41, 5.74) is 2.65. The number of hydrogen-bond donors (Lipinski definition) is 2. The Morgan fingerprint density at radius 2 is 2.30 bits per heavy atom. The fourth-order valence-electron chi connectivity index (χ4n) is 3.84. The molecule has 3 rings (SSSR count). The molecule has 0 aromatic heterocycles. The molecule has 7 nitrogen and oxygen atoms in total. The number of carbonyl (C=O) groups excluding carboxylic acids is 1. The summed E-state index contributed by atoms with van der Waals surface area (Å²) in [5.74, 6) is 0.208. The smallest absolute Gasteiger partial charge is 0.270 e. The summed E-state index contributed by atoms with van der Waals surface area (Å²) in [6, 6.07) is 3.65. The second-order valence-corrected chi connectivity index (χ2v) is 6.57. The van der Waals surface area contributed by atoms with E-state index in [2.05, 4.69) is 17.5 Å². The lowest BCUT2D eigenvalue weighted by Crippen LogP contribution is -2.22. The van der Waals surface area contributed by atoms with Gasteiger partial charge in [-0.2, -0.15) is 5.10 Å². The van der Waals surface area contributed by atoms with Crippen LogP contribution < -0.4 is 5.43 Å². The molecule has 2 saturated carbocycles. The van der Waals surface area contributed by atoms with Crippen molar-refractivity contribution < 1.29 is 14.8 Å². The van der Waals surface area contributed by atoms with Crippen molar-refractivity contribution in [3.05, 3.63) is 33.9 Å². The summed E-state index contributed by atoms with van der Waals surface area (Å²) in [5, 5.41) is 24.3. The highest BCUT2D eigenvalue weighted by atomic mass is 16.6. The molecule has 2 aliphatic rings. The normalized spacial score (nSPS) is 29.1. The molecule has 2 fully saturated rings. The maximum atomic E-state index is 12.2. The number of phenolic OH excluding ortho intramolecular Hbond substituents is 1. The number of aromatic hydroxyl groups is 1. The number of fused-ring (bicyclic) bond motifs is 1. The van der Waals surface area contributed by atoms with E-state index in [0.717, 1.165) is 12.8 Å². The molecule has 0 aliphatic heterocycles. The highest BCUT2D eigenvalue weighted by Gasteiger charge is 2.64. The number of hydrazone groups is 1. The Balaban J connectivity index is 1.64. The summed E-state index contributed by atoms with van der Waals surface area (Å²) in [7, 11) is 0. The van der Waals surface area contributed by atoms with Gasteiger partial charge in [-0.15, -0.1) is 0 Å². The SMILES string of the molecule is C[C@]12CCCC[C@@H]1[C@H]2C(=O)N/N=C\c1cc([N+](=O)[O-])ccc1O. The van der Waals surface area contributed by atoms with E-state index >= 15 is 0 Å². The van der Waals surface area contributed by atoms with Crippen LogP contribution in [0.3, 0.4) is 0 Å². The topological polar surface area (TPSA) is 105 Å². The minimum atomic E-state index is -0.551. The van der Waals surface area contributed by atoms with Crippen LogP contribution in [0.15, 0.2) is 23.3 Å². The van der Waals surface area contributed by atoms with Crippen molar-refractivity contribution in [3.8, 4) is 5.75 Å². The number of non-ortho nitro benzene ring substituents is 1. The van der Waals surface area contributed by atoms with E-state index < -0.39 is 4.92 Å². The Morgan fingerprint density at radius 1 is 1.52 bits per heavy atom. The molecule has 1 aromatic rings. The molecule has 0 radical (unpaired) electrons. The standard InChI is InChI=1S/C16H19N3O4/c1-16-7-3-2-4-12(16)14(16)15(21)18-17-9-10-8-11(19(22)23)5-6-13(10)20/h5-6,8-9,12,14,20H,2-4,7H2,1H3,(H,18,21)/b17-9-/t12-,14+,16+/m1/s1. The molecule has 1 amide bonds. The third-order valence-electron chi connectivity index (χ3n) is 5.21. The average Bonchev–Trinajstić information content (AvgIpc) is 3.14. The van der Waals surface area contributed by atoms with Crippen LogP contribution >= 0.6 is 0 Å². The Kier molecular flexibility index (Phi) is 3.79. The van der Waals surface area contributed by atoms with Crippen molar-refractivity contribution in [1.29, 1.82) is 0 Å². The predicted molar refractivity (Wildman–Crippen MR) is 84.1 cm³/mol. The third-order valence-corrected chi connectivity index (χ3v) is 5.21. The minimum Gasteiger partial charge on any atom is -0.507 e. The van der Waals surface area contributed by atoms with Gasteiger partial charge in [-0.1, -0.05) is 19.8 Å². The van der Waals surface area contributed by atoms with Crippen molar-refractivity contribution >= 4 is 17.8 Å². The lowest BCUT2D eigenvalue weighted by Gasteiger charge is -2.15. The summed E-state index contributed by atoms with van der Waals surface area (Å²) >= 11 is 0. The molecule has 0 saturated heterocycles. The average molecular weight is 317 g/mol. The molecular weight excluding hydrogens is 298 g/mol. The quantitative estimate of drug-likeness (QED) is 0.506. The number of phenols is 1. The Hall–Kier alpha value is -2.44. The van der Waals surface area contributed by atoms with E-state index in [-0.39, 0.29) is 34.2 Å². The van der Waals surface area contributed by atoms with Crippen molar-refractivity contribution in [1.82, 2.24) is 5.43 Å². The largest absolute Gasteiger partial charge is 0.507 e. The van der Waals surface area contributed by atoms with Crippen molar-refractivity contribution in [2.24, 2.45) is 22.4 Å². The fourth-order valence-corrected chi connectivity index (χ4v) is 3.84. The van der Waals surface area contributed by atoms with Crippen LogP contribution in [0, 0.1) is 27.4 Å². The van der Waals surface area contributed by atoms with Gasteiger partial charge in [-0.3, -0.25) is 14.9 Å². The molecule has 0 unspecified atom stereocenters. The second-order valence-electron chi connectivity index (χ2n) is 6.57. The molecule has 3 atom stereocenters. The first kappa shape index (κ1) is 15.5. The lowest BCUT2D eigenvalue weighted by atomic mass is 9.90. The first-order valence-electron chi connectivity index (χ1n) is 7.74. The summed E-state index contributed by atoms with van der Waals surface area (Å²) in [6.07, 6.45) is 5.74. The molecule has 2 N–H and O–H groups in total. The van der Waals surface area contributed by atoms with E-state index in [1.54, 1.807) is 0 Å².